The molecule has 1 atom stereocenters. The molecule has 0 spiro atoms. The van der Waals surface area contributed by atoms with Crippen LogP contribution >= 0.6 is 11.3 Å². The Balaban J connectivity index is 2.05. The van der Waals surface area contributed by atoms with Gasteiger partial charge in [-0.25, -0.2) is 9.37 Å². The zero-order valence-corrected chi connectivity index (χ0v) is 11.1. The number of ether oxygens (including phenoxy) is 1. The third-order valence-corrected chi connectivity index (χ3v) is 3.41. The Hall–Kier alpha value is -1.46. The van der Waals surface area contributed by atoms with Gasteiger partial charge in [0.25, 0.3) is 0 Å². The quantitative estimate of drug-likeness (QED) is 0.924. The molecule has 1 aromatic carbocycles. The molecule has 0 saturated carbocycles. The summed E-state index contributed by atoms with van der Waals surface area (Å²) in [6, 6.07) is 4.62. The van der Waals surface area contributed by atoms with Crippen LogP contribution in [0, 0.1) is 12.7 Å². The number of benzene rings is 1. The SMILES string of the molecule is Cc1ncc(COc2ccc([C@@H](C)N)cc2F)s1. The second kappa shape index (κ2) is 5.46. The monoisotopic (exact) mass is 266 g/mol. The van der Waals surface area contributed by atoms with Crippen molar-refractivity contribution in [3.63, 3.8) is 0 Å². The number of aryl methyl sites for hydroxylation is 1. The van der Waals surface area contributed by atoms with Gasteiger partial charge in [0, 0.05) is 12.2 Å². The molecule has 0 amide bonds. The molecule has 0 aliphatic rings. The van der Waals surface area contributed by atoms with Crippen LogP contribution in [0.2, 0.25) is 0 Å². The van der Waals surface area contributed by atoms with E-state index in [1.807, 2.05) is 13.8 Å². The summed E-state index contributed by atoms with van der Waals surface area (Å²) in [6.45, 7) is 4.07. The fourth-order valence-electron chi connectivity index (χ4n) is 1.54. The summed E-state index contributed by atoms with van der Waals surface area (Å²) in [4.78, 5) is 5.09. The molecule has 2 rings (SSSR count). The molecule has 0 unspecified atom stereocenters. The highest BCUT2D eigenvalue weighted by Gasteiger charge is 2.08. The second-order valence-corrected chi connectivity index (χ2v) is 5.43. The van der Waals surface area contributed by atoms with E-state index >= 15 is 0 Å². The molecular weight excluding hydrogens is 251 g/mol. The van der Waals surface area contributed by atoms with Gasteiger partial charge >= 0.3 is 0 Å². The first-order valence-electron chi connectivity index (χ1n) is 5.65. The lowest BCUT2D eigenvalue weighted by molar-refractivity contribution is 0.293. The lowest BCUT2D eigenvalue weighted by Crippen LogP contribution is -2.05. The van der Waals surface area contributed by atoms with E-state index < -0.39 is 0 Å². The van der Waals surface area contributed by atoms with Crippen LogP contribution in [0.15, 0.2) is 24.4 Å². The molecule has 5 heteroatoms. The summed E-state index contributed by atoms with van der Waals surface area (Å²) >= 11 is 1.54. The van der Waals surface area contributed by atoms with Crippen molar-refractivity contribution in [3.05, 3.63) is 45.7 Å². The van der Waals surface area contributed by atoms with E-state index in [9.17, 15) is 4.39 Å². The summed E-state index contributed by atoms with van der Waals surface area (Å²) in [6.07, 6.45) is 1.74. The Morgan fingerprint density at radius 1 is 1.50 bits per heavy atom. The van der Waals surface area contributed by atoms with E-state index in [-0.39, 0.29) is 17.6 Å². The molecule has 96 valence electrons. The zero-order valence-electron chi connectivity index (χ0n) is 10.3. The summed E-state index contributed by atoms with van der Waals surface area (Å²) in [5, 5.41) is 0.973. The maximum Gasteiger partial charge on any atom is 0.165 e. The van der Waals surface area contributed by atoms with Crippen molar-refractivity contribution >= 4 is 11.3 Å². The van der Waals surface area contributed by atoms with Crippen molar-refractivity contribution in [1.82, 2.24) is 4.98 Å². The minimum atomic E-state index is -0.383. The van der Waals surface area contributed by atoms with Crippen molar-refractivity contribution in [1.29, 1.82) is 0 Å². The molecule has 0 aliphatic carbocycles. The Morgan fingerprint density at radius 2 is 2.28 bits per heavy atom. The highest BCUT2D eigenvalue weighted by Crippen LogP contribution is 2.23. The van der Waals surface area contributed by atoms with Crippen molar-refractivity contribution in [3.8, 4) is 5.75 Å². The van der Waals surface area contributed by atoms with Crippen molar-refractivity contribution in [2.45, 2.75) is 26.5 Å². The number of hydrogen-bond acceptors (Lipinski definition) is 4. The minimum Gasteiger partial charge on any atom is -0.485 e. The number of rotatable bonds is 4. The Bertz CT molecular complexity index is 540. The van der Waals surface area contributed by atoms with Gasteiger partial charge in [-0.05, 0) is 31.5 Å². The summed E-state index contributed by atoms with van der Waals surface area (Å²) < 4.78 is 19.2. The highest BCUT2D eigenvalue weighted by atomic mass is 32.1. The molecule has 0 radical (unpaired) electrons. The van der Waals surface area contributed by atoms with Crippen LogP contribution < -0.4 is 10.5 Å². The van der Waals surface area contributed by atoms with E-state index in [1.165, 1.54) is 6.07 Å². The van der Waals surface area contributed by atoms with Gasteiger partial charge in [-0.2, -0.15) is 0 Å². The van der Waals surface area contributed by atoms with E-state index in [0.717, 1.165) is 15.4 Å². The fourth-order valence-corrected chi connectivity index (χ4v) is 2.25. The number of nitrogens with two attached hydrogens (primary N) is 1. The molecule has 3 nitrogen and oxygen atoms in total. The predicted octanol–water partition coefficient (Wildman–Crippen LogP) is 3.19. The lowest BCUT2D eigenvalue weighted by atomic mass is 10.1. The fraction of sp³-hybridized carbons (Fsp3) is 0.308. The van der Waals surface area contributed by atoms with Gasteiger partial charge in [-0.15, -0.1) is 11.3 Å². The molecule has 2 N–H and O–H groups in total. The molecule has 0 fully saturated rings. The highest BCUT2D eigenvalue weighted by molar-refractivity contribution is 7.11. The Morgan fingerprint density at radius 3 is 2.83 bits per heavy atom. The number of hydrogen-bond donors (Lipinski definition) is 1. The van der Waals surface area contributed by atoms with Gasteiger partial charge in [0.05, 0.1) is 9.88 Å². The van der Waals surface area contributed by atoms with Crippen molar-refractivity contribution in [2.24, 2.45) is 5.73 Å². The summed E-state index contributed by atoms with van der Waals surface area (Å²) in [7, 11) is 0. The Labute approximate surface area is 109 Å². The predicted molar refractivity (Wildman–Crippen MR) is 70.2 cm³/mol. The van der Waals surface area contributed by atoms with Gasteiger partial charge in [-0.3, -0.25) is 0 Å². The van der Waals surface area contributed by atoms with E-state index in [2.05, 4.69) is 4.98 Å². The lowest BCUT2D eigenvalue weighted by Gasteiger charge is -2.09. The van der Waals surface area contributed by atoms with Crippen molar-refractivity contribution in [2.75, 3.05) is 0 Å². The molecule has 18 heavy (non-hydrogen) atoms. The summed E-state index contributed by atoms with van der Waals surface area (Å²) in [5.41, 5.74) is 6.44. The third kappa shape index (κ3) is 3.05. The van der Waals surface area contributed by atoms with Crippen LogP contribution in [0.5, 0.6) is 5.75 Å². The standard InChI is InChI=1S/C13H15FN2OS/c1-8(15)10-3-4-13(12(14)5-10)17-7-11-6-16-9(2)18-11/h3-6,8H,7,15H2,1-2H3/t8-/m1/s1. The van der Waals surface area contributed by atoms with Crippen LogP contribution in [0.1, 0.15) is 28.4 Å². The summed E-state index contributed by atoms with van der Waals surface area (Å²) in [5.74, 6) is -0.142. The average Bonchev–Trinajstić information content (AvgIpc) is 2.73. The maximum atomic E-state index is 13.7. The van der Waals surface area contributed by atoms with Crippen molar-refractivity contribution < 1.29 is 9.13 Å². The van der Waals surface area contributed by atoms with E-state index in [4.69, 9.17) is 10.5 Å². The molecule has 2 aromatic rings. The molecule has 1 aromatic heterocycles. The van der Waals surface area contributed by atoms with Gasteiger partial charge in [0.1, 0.15) is 6.61 Å². The number of thiazole rings is 1. The molecule has 1 heterocycles. The van der Waals surface area contributed by atoms with Crippen LogP contribution in [-0.2, 0) is 6.61 Å². The minimum absolute atomic E-state index is 0.183. The zero-order chi connectivity index (χ0) is 13.1. The van der Waals surface area contributed by atoms with E-state index in [0.29, 0.717) is 6.61 Å². The normalized spacial score (nSPS) is 12.4. The van der Waals surface area contributed by atoms with Gasteiger partial charge in [-0.1, -0.05) is 6.07 Å². The first-order valence-corrected chi connectivity index (χ1v) is 6.47. The van der Waals surface area contributed by atoms with Crippen LogP contribution in [-0.4, -0.2) is 4.98 Å². The molecule has 0 aliphatic heterocycles. The number of nitrogens with zero attached hydrogens (tertiary/aromatic N) is 1. The van der Waals surface area contributed by atoms with E-state index in [1.54, 1.807) is 29.7 Å². The van der Waals surface area contributed by atoms with Crippen LogP contribution in [0.25, 0.3) is 0 Å². The second-order valence-electron chi connectivity index (χ2n) is 4.11. The first-order chi connectivity index (χ1) is 8.56. The number of halogens is 1. The molecule has 0 bridgehead atoms. The van der Waals surface area contributed by atoms with Gasteiger partial charge in [0.15, 0.2) is 11.6 Å². The molecular formula is C13H15FN2OS. The van der Waals surface area contributed by atoms with Crippen LogP contribution in [0.3, 0.4) is 0 Å². The Kier molecular flexibility index (Phi) is 3.93. The largest absolute Gasteiger partial charge is 0.485 e. The smallest absolute Gasteiger partial charge is 0.165 e. The topological polar surface area (TPSA) is 48.1 Å². The van der Waals surface area contributed by atoms with Gasteiger partial charge in [0.2, 0.25) is 0 Å². The molecule has 0 saturated heterocycles. The average molecular weight is 266 g/mol. The van der Waals surface area contributed by atoms with Crippen LogP contribution in [0.4, 0.5) is 4.39 Å². The van der Waals surface area contributed by atoms with Gasteiger partial charge < -0.3 is 10.5 Å². The third-order valence-electron chi connectivity index (χ3n) is 2.52. The maximum absolute atomic E-state index is 13.7. The number of aromatic nitrogens is 1. The first kappa shape index (κ1) is 13.0.